The molecule has 0 saturated heterocycles. The molecule has 0 spiro atoms. The quantitative estimate of drug-likeness (QED) is 0.735. The van der Waals surface area contributed by atoms with Crippen LogP contribution in [-0.4, -0.2) is 47.5 Å². The second-order valence-corrected chi connectivity index (χ2v) is 6.69. The Morgan fingerprint density at radius 3 is 2.64 bits per heavy atom. The van der Waals surface area contributed by atoms with Gasteiger partial charge in [0.15, 0.2) is 0 Å². The van der Waals surface area contributed by atoms with Crippen LogP contribution >= 0.6 is 0 Å². The molecule has 0 fully saturated rings. The highest BCUT2D eigenvalue weighted by molar-refractivity contribution is 5.38. The Labute approximate surface area is 149 Å². The fraction of sp³-hybridized carbons (Fsp3) is 0.429. The smallest absolute Gasteiger partial charge is 0.119 e. The van der Waals surface area contributed by atoms with Crippen molar-refractivity contribution in [3.8, 4) is 5.75 Å². The van der Waals surface area contributed by atoms with Gasteiger partial charge >= 0.3 is 0 Å². The molecule has 0 aromatic heterocycles. The topological polar surface area (TPSA) is 52.9 Å². The molecule has 0 aliphatic heterocycles. The lowest BCUT2D eigenvalue weighted by atomic mass is 10.1. The summed E-state index contributed by atoms with van der Waals surface area (Å²) in [6.07, 6.45) is 2.91. The summed E-state index contributed by atoms with van der Waals surface area (Å²) in [5.74, 6) is 0.830. The van der Waals surface area contributed by atoms with E-state index in [1.165, 1.54) is 23.1 Å². The maximum atomic E-state index is 10.3. The summed E-state index contributed by atoms with van der Waals surface area (Å²) in [4.78, 5) is 2.05. The molecule has 1 atom stereocenters. The maximum Gasteiger partial charge on any atom is 0.119 e. The Kier molecular flexibility index (Phi) is 6.45. The van der Waals surface area contributed by atoms with Crippen LogP contribution in [0.5, 0.6) is 5.75 Å². The first-order chi connectivity index (χ1) is 12.2. The third-order valence-electron chi connectivity index (χ3n) is 4.65. The van der Waals surface area contributed by atoms with Crippen LogP contribution in [0.15, 0.2) is 48.5 Å². The van der Waals surface area contributed by atoms with Crippen molar-refractivity contribution in [2.75, 3.05) is 26.3 Å². The first-order valence-electron chi connectivity index (χ1n) is 9.04. The van der Waals surface area contributed by atoms with E-state index in [0.717, 1.165) is 18.6 Å². The summed E-state index contributed by atoms with van der Waals surface area (Å²) in [5, 5.41) is 19.6. The molecule has 0 saturated carbocycles. The molecule has 134 valence electrons. The van der Waals surface area contributed by atoms with Crippen molar-refractivity contribution in [3.63, 3.8) is 0 Å². The Morgan fingerprint density at radius 2 is 1.84 bits per heavy atom. The van der Waals surface area contributed by atoms with Gasteiger partial charge in [-0.2, -0.15) is 0 Å². The van der Waals surface area contributed by atoms with Gasteiger partial charge in [-0.25, -0.2) is 0 Å². The minimum absolute atomic E-state index is 0.0746. The number of ether oxygens (including phenoxy) is 1. The molecule has 4 heteroatoms. The lowest BCUT2D eigenvalue weighted by Gasteiger charge is -2.24. The molecule has 2 N–H and O–H groups in total. The number of aryl methyl sites for hydroxylation is 2. The van der Waals surface area contributed by atoms with Gasteiger partial charge in [0.05, 0.1) is 6.61 Å². The Morgan fingerprint density at radius 1 is 1.04 bits per heavy atom. The Bertz CT molecular complexity index is 659. The summed E-state index contributed by atoms with van der Waals surface area (Å²) in [6, 6.07) is 16.3. The number of benzene rings is 2. The standard InChI is InChI=1S/C21H27NO3/c23-12-11-22(14-17-5-2-1-3-6-17)15-20(24)16-25-21-10-9-18-7-4-8-19(18)13-21/h1-3,5-6,9-10,13,20,23-24H,4,7-8,11-12,14-16H2/t20-/m1/s1. The van der Waals surface area contributed by atoms with E-state index < -0.39 is 6.10 Å². The lowest BCUT2D eigenvalue weighted by Crippen LogP contribution is -2.37. The zero-order valence-electron chi connectivity index (χ0n) is 14.6. The second kappa shape index (κ2) is 8.99. The average Bonchev–Trinajstić information content (AvgIpc) is 3.09. The lowest BCUT2D eigenvalue weighted by molar-refractivity contribution is 0.0590. The normalized spacial score (nSPS) is 14.5. The van der Waals surface area contributed by atoms with E-state index in [-0.39, 0.29) is 13.2 Å². The van der Waals surface area contributed by atoms with Crippen LogP contribution in [0.1, 0.15) is 23.1 Å². The number of hydrogen-bond acceptors (Lipinski definition) is 4. The number of aliphatic hydroxyl groups is 2. The van der Waals surface area contributed by atoms with Crippen LogP contribution < -0.4 is 4.74 Å². The van der Waals surface area contributed by atoms with Gasteiger partial charge in [0.25, 0.3) is 0 Å². The molecule has 0 radical (unpaired) electrons. The summed E-state index contributed by atoms with van der Waals surface area (Å²) >= 11 is 0. The molecule has 0 amide bonds. The van der Waals surface area contributed by atoms with Crippen molar-refractivity contribution in [2.24, 2.45) is 0 Å². The van der Waals surface area contributed by atoms with Gasteiger partial charge < -0.3 is 14.9 Å². The van der Waals surface area contributed by atoms with Crippen LogP contribution in [0.3, 0.4) is 0 Å². The van der Waals surface area contributed by atoms with Gasteiger partial charge in [-0.05, 0) is 48.1 Å². The zero-order chi connectivity index (χ0) is 17.5. The predicted octanol–water partition coefficient (Wildman–Crippen LogP) is 2.41. The van der Waals surface area contributed by atoms with Crippen LogP contribution in [0.25, 0.3) is 0 Å². The molecule has 2 aromatic carbocycles. The van der Waals surface area contributed by atoms with Crippen molar-refractivity contribution in [3.05, 3.63) is 65.2 Å². The number of nitrogens with zero attached hydrogens (tertiary/aromatic N) is 1. The first-order valence-corrected chi connectivity index (χ1v) is 9.04. The van der Waals surface area contributed by atoms with E-state index in [4.69, 9.17) is 4.74 Å². The van der Waals surface area contributed by atoms with Crippen LogP contribution in [0.2, 0.25) is 0 Å². The van der Waals surface area contributed by atoms with E-state index >= 15 is 0 Å². The third kappa shape index (κ3) is 5.30. The largest absolute Gasteiger partial charge is 0.491 e. The van der Waals surface area contributed by atoms with Crippen molar-refractivity contribution in [1.29, 1.82) is 0 Å². The van der Waals surface area contributed by atoms with Crippen molar-refractivity contribution in [2.45, 2.75) is 31.9 Å². The molecular formula is C21H27NO3. The second-order valence-electron chi connectivity index (χ2n) is 6.69. The van der Waals surface area contributed by atoms with Crippen LogP contribution in [0.4, 0.5) is 0 Å². The number of fused-ring (bicyclic) bond motifs is 1. The van der Waals surface area contributed by atoms with Gasteiger partial charge in [-0.15, -0.1) is 0 Å². The minimum atomic E-state index is -0.594. The molecule has 2 aromatic rings. The van der Waals surface area contributed by atoms with Gasteiger partial charge in [0, 0.05) is 19.6 Å². The van der Waals surface area contributed by atoms with Gasteiger partial charge in [0.2, 0.25) is 0 Å². The molecule has 1 aliphatic rings. The first kappa shape index (κ1) is 17.9. The molecule has 25 heavy (non-hydrogen) atoms. The third-order valence-corrected chi connectivity index (χ3v) is 4.65. The van der Waals surface area contributed by atoms with Gasteiger partial charge in [0.1, 0.15) is 18.5 Å². The van der Waals surface area contributed by atoms with Crippen molar-refractivity contribution >= 4 is 0 Å². The van der Waals surface area contributed by atoms with E-state index in [2.05, 4.69) is 24.3 Å². The van der Waals surface area contributed by atoms with Crippen molar-refractivity contribution in [1.82, 2.24) is 4.90 Å². The summed E-state index contributed by atoms with van der Waals surface area (Å²) in [5.41, 5.74) is 3.96. The predicted molar refractivity (Wildman–Crippen MR) is 98.8 cm³/mol. The number of rotatable bonds is 9. The van der Waals surface area contributed by atoms with Crippen LogP contribution in [-0.2, 0) is 19.4 Å². The fourth-order valence-corrected chi connectivity index (χ4v) is 3.40. The summed E-state index contributed by atoms with van der Waals surface area (Å²) in [7, 11) is 0. The van der Waals surface area contributed by atoms with Gasteiger partial charge in [-0.1, -0.05) is 36.4 Å². The van der Waals surface area contributed by atoms with Crippen LogP contribution in [0, 0.1) is 0 Å². The average molecular weight is 341 g/mol. The highest BCUT2D eigenvalue weighted by Gasteiger charge is 2.14. The van der Waals surface area contributed by atoms with E-state index in [0.29, 0.717) is 19.6 Å². The monoisotopic (exact) mass is 341 g/mol. The Balaban J connectivity index is 1.50. The zero-order valence-corrected chi connectivity index (χ0v) is 14.6. The summed E-state index contributed by atoms with van der Waals surface area (Å²) in [6.45, 7) is 2.04. The number of aliphatic hydroxyl groups excluding tert-OH is 2. The molecule has 0 heterocycles. The highest BCUT2D eigenvalue weighted by atomic mass is 16.5. The summed E-state index contributed by atoms with van der Waals surface area (Å²) < 4.78 is 5.78. The fourth-order valence-electron chi connectivity index (χ4n) is 3.40. The molecular weight excluding hydrogens is 314 g/mol. The Hall–Kier alpha value is -1.88. The minimum Gasteiger partial charge on any atom is -0.491 e. The highest BCUT2D eigenvalue weighted by Crippen LogP contribution is 2.26. The maximum absolute atomic E-state index is 10.3. The van der Waals surface area contributed by atoms with Crippen molar-refractivity contribution < 1.29 is 14.9 Å². The molecule has 1 aliphatic carbocycles. The molecule has 4 nitrogen and oxygen atoms in total. The van der Waals surface area contributed by atoms with E-state index in [1.807, 2.05) is 29.2 Å². The molecule has 0 bridgehead atoms. The number of hydrogen-bond donors (Lipinski definition) is 2. The SMILES string of the molecule is OCCN(Cc1ccccc1)C[C@@H](O)COc1ccc2c(c1)CCC2. The molecule has 0 unspecified atom stereocenters. The van der Waals surface area contributed by atoms with E-state index in [1.54, 1.807) is 0 Å². The van der Waals surface area contributed by atoms with Gasteiger partial charge in [-0.3, -0.25) is 4.90 Å². The van der Waals surface area contributed by atoms with E-state index in [9.17, 15) is 10.2 Å². The molecule has 3 rings (SSSR count).